The summed E-state index contributed by atoms with van der Waals surface area (Å²) in [5, 5.41) is 3.50. The maximum atomic E-state index is 12.2. The van der Waals surface area contributed by atoms with Crippen LogP contribution in [0.3, 0.4) is 0 Å². The Morgan fingerprint density at radius 1 is 1.33 bits per heavy atom. The van der Waals surface area contributed by atoms with Crippen LogP contribution in [0, 0.1) is 0 Å². The van der Waals surface area contributed by atoms with Gasteiger partial charge in [-0.25, -0.2) is 9.78 Å². The van der Waals surface area contributed by atoms with Gasteiger partial charge in [-0.15, -0.1) is 0 Å². The van der Waals surface area contributed by atoms with Gasteiger partial charge in [-0.1, -0.05) is 0 Å². The first-order valence-corrected chi connectivity index (χ1v) is 8.70. The molecule has 6 heteroatoms. The van der Waals surface area contributed by atoms with Crippen molar-refractivity contribution < 1.29 is 14.3 Å². The molecule has 0 bridgehead atoms. The number of carbonyl (C=O) groups is 1. The molecule has 24 heavy (non-hydrogen) atoms. The Hall–Kier alpha value is -1.98. The van der Waals surface area contributed by atoms with E-state index in [0.29, 0.717) is 25.1 Å². The van der Waals surface area contributed by atoms with E-state index in [1.165, 1.54) is 0 Å². The number of carbonyl (C=O) groups excluding carboxylic acids is 1. The molecule has 1 amide bonds. The van der Waals surface area contributed by atoms with E-state index in [9.17, 15) is 4.79 Å². The maximum Gasteiger partial charge on any atom is 0.410 e. The van der Waals surface area contributed by atoms with Gasteiger partial charge in [0.15, 0.2) is 0 Å². The summed E-state index contributed by atoms with van der Waals surface area (Å²) >= 11 is 0. The van der Waals surface area contributed by atoms with Gasteiger partial charge in [-0.05, 0) is 53.0 Å². The van der Waals surface area contributed by atoms with Crippen molar-refractivity contribution in [2.45, 2.75) is 58.6 Å². The van der Waals surface area contributed by atoms with Gasteiger partial charge in [0.1, 0.15) is 5.60 Å². The van der Waals surface area contributed by atoms with Gasteiger partial charge in [0.25, 0.3) is 0 Å². The Balaban J connectivity index is 1.85. The first-order chi connectivity index (χ1) is 11.4. The molecule has 6 nitrogen and oxygen atoms in total. The molecule has 0 radical (unpaired) electrons. The van der Waals surface area contributed by atoms with Gasteiger partial charge in [-0.3, -0.25) is 0 Å². The molecule has 1 fully saturated rings. The van der Waals surface area contributed by atoms with Crippen molar-refractivity contribution in [1.29, 1.82) is 0 Å². The fourth-order valence-corrected chi connectivity index (χ4v) is 2.68. The number of hydrogen-bond acceptors (Lipinski definition) is 5. The lowest BCUT2D eigenvalue weighted by Gasteiger charge is -2.26. The first-order valence-electron chi connectivity index (χ1n) is 8.70. The molecule has 1 aliphatic rings. The number of rotatable bonds is 4. The fourth-order valence-electron chi connectivity index (χ4n) is 2.68. The van der Waals surface area contributed by atoms with Crippen LogP contribution in [-0.2, 0) is 4.74 Å². The second-order valence-electron chi connectivity index (χ2n) is 7.06. The summed E-state index contributed by atoms with van der Waals surface area (Å²) in [6.07, 6.45) is 4.45. The van der Waals surface area contributed by atoms with E-state index in [1.54, 1.807) is 6.20 Å². The smallest absolute Gasteiger partial charge is 0.410 e. The minimum absolute atomic E-state index is 0.217. The Kier molecular flexibility index (Phi) is 6.29. The number of hydrogen-bond donors (Lipinski definition) is 1. The number of pyridine rings is 1. The van der Waals surface area contributed by atoms with Crippen molar-refractivity contribution in [2.24, 2.45) is 0 Å². The van der Waals surface area contributed by atoms with Gasteiger partial charge in [0.05, 0.1) is 18.5 Å². The van der Waals surface area contributed by atoms with Crippen LogP contribution >= 0.6 is 0 Å². The topological polar surface area (TPSA) is 63.7 Å². The lowest BCUT2D eigenvalue weighted by Crippen LogP contribution is -2.37. The molecule has 0 spiro atoms. The largest absolute Gasteiger partial charge is 0.478 e. The van der Waals surface area contributed by atoms with Crippen LogP contribution in [0.15, 0.2) is 18.3 Å². The normalized spacial score (nSPS) is 18.7. The molecule has 1 aromatic heterocycles. The molecule has 1 aliphatic heterocycles. The molecule has 1 saturated heterocycles. The molecule has 1 N–H and O–H groups in total. The molecule has 1 atom stereocenters. The summed E-state index contributed by atoms with van der Waals surface area (Å²) in [6, 6.07) is 4.18. The van der Waals surface area contributed by atoms with Gasteiger partial charge in [0, 0.05) is 25.2 Å². The van der Waals surface area contributed by atoms with Gasteiger partial charge >= 0.3 is 6.09 Å². The summed E-state index contributed by atoms with van der Waals surface area (Å²) in [4.78, 5) is 18.3. The Bertz CT molecular complexity index is 525. The highest BCUT2D eigenvalue weighted by Gasteiger charge is 2.25. The highest BCUT2D eigenvalue weighted by Crippen LogP contribution is 2.19. The fraction of sp³-hybridized carbons (Fsp3) is 0.667. The van der Waals surface area contributed by atoms with Crippen molar-refractivity contribution in [2.75, 3.05) is 25.0 Å². The van der Waals surface area contributed by atoms with Crippen molar-refractivity contribution in [3.63, 3.8) is 0 Å². The Morgan fingerprint density at radius 2 is 2.12 bits per heavy atom. The maximum absolute atomic E-state index is 12.2. The summed E-state index contributed by atoms with van der Waals surface area (Å²) in [6.45, 7) is 9.69. The van der Waals surface area contributed by atoms with Crippen LogP contribution in [0.2, 0.25) is 0 Å². The molecule has 1 unspecified atom stereocenters. The standard InChI is InChI=1S/C18H29N3O3/c1-5-23-16-9-8-15(13-19-16)20-14-7-6-11-21(12-10-14)17(22)24-18(2,3)4/h8-9,13-14,20H,5-7,10-12H2,1-4H3. The summed E-state index contributed by atoms with van der Waals surface area (Å²) in [7, 11) is 0. The molecule has 0 aliphatic carbocycles. The highest BCUT2D eigenvalue weighted by molar-refractivity contribution is 5.68. The molecule has 0 aromatic carbocycles. The minimum Gasteiger partial charge on any atom is -0.478 e. The zero-order valence-corrected chi connectivity index (χ0v) is 15.2. The molecule has 2 heterocycles. The van der Waals surface area contributed by atoms with E-state index >= 15 is 0 Å². The number of aromatic nitrogens is 1. The number of ether oxygens (including phenoxy) is 2. The minimum atomic E-state index is -0.449. The lowest BCUT2D eigenvalue weighted by atomic mass is 10.1. The van der Waals surface area contributed by atoms with Crippen LogP contribution < -0.4 is 10.1 Å². The highest BCUT2D eigenvalue weighted by atomic mass is 16.6. The number of anilines is 1. The molecular formula is C18H29N3O3. The van der Waals surface area contributed by atoms with Crippen LogP contribution in [0.4, 0.5) is 10.5 Å². The third-order valence-corrected chi connectivity index (χ3v) is 3.78. The quantitative estimate of drug-likeness (QED) is 0.909. The summed E-state index contributed by atoms with van der Waals surface area (Å²) in [5.74, 6) is 0.639. The Labute approximate surface area is 144 Å². The zero-order valence-electron chi connectivity index (χ0n) is 15.2. The van der Waals surface area contributed by atoms with Crippen LogP contribution in [0.25, 0.3) is 0 Å². The summed E-state index contributed by atoms with van der Waals surface area (Å²) < 4.78 is 10.8. The zero-order chi connectivity index (χ0) is 17.6. The predicted octanol–water partition coefficient (Wildman–Crippen LogP) is 3.68. The van der Waals surface area contributed by atoms with Crippen LogP contribution in [-0.4, -0.2) is 47.3 Å². The predicted molar refractivity (Wildman–Crippen MR) is 94.5 cm³/mol. The van der Waals surface area contributed by atoms with Crippen molar-refractivity contribution >= 4 is 11.8 Å². The Morgan fingerprint density at radius 3 is 2.75 bits per heavy atom. The molecule has 0 saturated carbocycles. The number of amides is 1. The van der Waals surface area contributed by atoms with Crippen molar-refractivity contribution in [3.8, 4) is 5.88 Å². The third-order valence-electron chi connectivity index (χ3n) is 3.78. The van der Waals surface area contributed by atoms with E-state index < -0.39 is 5.60 Å². The second kappa shape index (κ2) is 8.22. The van der Waals surface area contributed by atoms with E-state index in [1.807, 2.05) is 44.7 Å². The molecule has 2 rings (SSSR count). The van der Waals surface area contributed by atoms with E-state index in [-0.39, 0.29) is 6.09 Å². The average Bonchev–Trinajstić information content (AvgIpc) is 2.73. The first kappa shape index (κ1) is 18.4. The third kappa shape index (κ3) is 5.91. The molecule has 134 valence electrons. The number of nitrogens with zero attached hydrogens (tertiary/aromatic N) is 2. The van der Waals surface area contributed by atoms with Crippen molar-refractivity contribution in [3.05, 3.63) is 18.3 Å². The number of nitrogens with one attached hydrogen (secondary N) is 1. The van der Waals surface area contributed by atoms with E-state index in [0.717, 1.165) is 31.5 Å². The SMILES string of the molecule is CCOc1ccc(NC2CCCN(C(=O)OC(C)(C)C)CC2)cn1. The molecular weight excluding hydrogens is 306 g/mol. The average molecular weight is 335 g/mol. The summed E-state index contributed by atoms with van der Waals surface area (Å²) in [5.41, 5.74) is 0.531. The number of likely N-dealkylation sites (tertiary alicyclic amines) is 1. The van der Waals surface area contributed by atoms with Gasteiger partial charge in [0.2, 0.25) is 5.88 Å². The molecule has 1 aromatic rings. The van der Waals surface area contributed by atoms with Crippen molar-refractivity contribution in [1.82, 2.24) is 9.88 Å². The van der Waals surface area contributed by atoms with Crippen LogP contribution in [0.1, 0.15) is 47.0 Å². The second-order valence-corrected chi connectivity index (χ2v) is 7.06. The van der Waals surface area contributed by atoms with Gasteiger partial charge in [-0.2, -0.15) is 0 Å². The van der Waals surface area contributed by atoms with Crippen LogP contribution in [0.5, 0.6) is 5.88 Å². The van der Waals surface area contributed by atoms with E-state index in [2.05, 4.69) is 10.3 Å². The van der Waals surface area contributed by atoms with Gasteiger partial charge < -0.3 is 19.7 Å². The monoisotopic (exact) mass is 335 g/mol. The van der Waals surface area contributed by atoms with E-state index in [4.69, 9.17) is 9.47 Å². The lowest BCUT2D eigenvalue weighted by molar-refractivity contribution is 0.0256.